The van der Waals surface area contributed by atoms with Crippen LogP contribution in [-0.4, -0.2) is 36.5 Å². The Morgan fingerprint density at radius 3 is 2.67 bits per heavy atom. The van der Waals surface area contributed by atoms with Crippen LogP contribution < -0.4 is 10.6 Å². The predicted octanol–water partition coefficient (Wildman–Crippen LogP) is 0.998. The molecule has 1 heterocycles. The highest BCUT2D eigenvalue weighted by molar-refractivity contribution is 8.00. The molecule has 1 aliphatic carbocycles. The van der Waals surface area contributed by atoms with E-state index in [0.29, 0.717) is 4.75 Å². The van der Waals surface area contributed by atoms with E-state index in [2.05, 4.69) is 23.8 Å². The van der Waals surface area contributed by atoms with E-state index in [1.165, 1.54) is 12.8 Å². The first-order valence-corrected chi connectivity index (χ1v) is 6.87. The van der Waals surface area contributed by atoms with Gasteiger partial charge in [-0.15, -0.1) is 0 Å². The molecule has 1 saturated heterocycles. The molecule has 0 aromatic heterocycles. The van der Waals surface area contributed by atoms with Crippen LogP contribution in [0.15, 0.2) is 0 Å². The summed E-state index contributed by atoms with van der Waals surface area (Å²) in [5.74, 6) is 0.229. The van der Waals surface area contributed by atoms with Gasteiger partial charge in [0.05, 0.1) is 5.41 Å². The SMILES string of the molecule is CSC1(CNC(=O)C2(C)CCNC2)CC1. The Hall–Kier alpha value is -0.220. The number of carbonyl (C=O) groups is 1. The van der Waals surface area contributed by atoms with Crippen molar-refractivity contribution >= 4 is 17.7 Å². The highest BCUT2D eigenvalue weighted by Crippen LogP contribution is 2.46. The zero-order valence-electron chi connectivity index (χ0n) is 9.56. The molecule has 86 valence electrons. The standard InChI is InChI=1S/C11H20N2OS/c1-10(5-6-12-7-10)9(14)13-8-11(15-2)3-4-11/h12H,3-8H2,1-2H3,(H,13,14). The maximum atomic E-state index is 12.0. The molecule has 1 saturated carbocycles. The van der Waals surface area contributed by atoms with Gasteiger partial charge in [0.2, 0.25) is 5.91 Å². The van der Waals surface area contributed by atoms with Gasteiger partial charge in [-0.2, -0.15) is 11.8 Å². The molecular formula is C11H20N2OS. The van der Waals surface area contributed by atoms with Crippen molar-refractivity contribution in [2.24, 2.45) is 5.41 Å². The maximum Gasteiger partial charge on any atom is 0.227 e. The van der Waals surface area contributed by atoms with Crippen molar-refractivity contribution in [1.29, 1.82) is 0 Å². The topological polar surface area (TPSA) is 41.1 Å². The molecule has 0 aromatic rings. The van der Waals surface area contributed by atoms with Crippen LogP contribution >= 0.6 is 11.8 Å². The van der Waals surface area contributed by atoms with Crippen molar-refractivity contribution in [3.8, 4) is 0 Å². The lowest BCUT2D eigenvalue weighted by Gasteiger charge is -2.23. The number of nitrogens with one attached hydrogen (secondary N) is 2. The summed E-state index contributed by atoms with van der Waals surface area (Å²) in [6, 6.07) is 0. The molecule has 0 radical (unpaired) electrons. The second-order valence-corrected chi connectivity index (χ2v) is 6.33. The van der Waals surface area contributed by atoms with E-state index in [4.69, 9.17) is 0 Å². The van der Waals surface area contributed by atoms with Crippen molar-refractivity contribution in [3.63, 3.8) is 0 Å². The van der Waals surface area contributed by atoms with E-state index in [1.807, 2.05) is 11.8 Å². The quantitative estimate of drug-likeness (QED) is 0.754. The van der Waals surface area contributed by atoms with Gasteiger partial charge in [-0.1, -0.05) is 0 Å². The van der Waals surface area contributed by atoms with E-state index >= 15 is 0 Å². The number of thioether (sulfide) groups is 1. The minimum Gasteiger partial charge on any atom is -0.354 e. The summed E-state index contributed by atoms with van der Waals surface area (Å²) in [6.45, 7) is 4.70. The maximum absolute atomic E-state index is 12.0. The average molecular weight is 228 g/mol. The third-order valence-corrected chi connectivity index (χ3v) is 5.15. The fraction of sp³-hybridized carbons (Fsp3) is 0.909. The van der Waals surface area contributed by atoms with Gasteiger partial charge in [0.15, 0.2) is 0 Å². The Bertz CT molecular complexity index is 257. The second-order valence-electron chi connectivity index (χ2n) is 5.06. The lowest BCUT2D eigenvalue weighted by atomic mass is 9.89. The third-order valence-electron chi connectivity index (χ3n) is 3.73. The summed E-state index contributed by atoms with van der Waals surface area (Å²) in [4.78, 5) is 12.0. The Balaban J connectivity index is 1.82. The Morgan fingerprint density at radius 2 is 2.20 bits per heavy atom. The largest absolute Gasteiger partial charge is 0.354 e. The van der Waals surface area contributed by atoms with Gasteiger partial charge < -0.3 is 10.6 Å². The minimum absolute atomic E-state index is 0.172. The van der Waals surface area contributed by atoms with E-state index in [1.54, 1.807) is 0 Å². The summed E-state index contributed by atoms with van der Waals surface area (Å²) < 4.78 is 0.373. The van der Waals surface area contributed by atoms with E-state index in [0.717, 1.165) is 26.1 Å². The van der Waals surface area contributed by atoms with E-state index in [-0.39, 0.29) is 11.3 Å². The molecule has 0 bridgehead atoms. The van der Waals surface area contributed by atoms with Crippen LogP contribution in [-0.2, 0) is 4.79 Å². The fourth-order valence-electron chi connectivity index (χ4n) is 2.06. The second kappa shape index (κ2) is 3.98. The molecule has 1 atom stereocenters. The van der Waals surface area contributed by atoms with Crippen LogP contribution in [0, 0.1) is 5.41 Å². The summed E-state index contributed by atoms with van der Waals surface area (Å²) >= 11 is 1.89. The van der Waals surface area contributed by atoms with Crippen LogP contribution in [0.4, 0.5) is 0 Å². The molecule has 4 heteroatoms. The first-order chi connectivity index (χ1) is 7.10. The van der Waals surface area contributed by atoms with Crippen molar-refractivity contribution in [3.05, 3.63) is 0 Å². The van der Waals surface area contributed by atoms with Crippen LogP contribution in [0.2, 0.25) is 0 Å². The number of carbonyl (C=O) groups excluding carboxylic acids is 1. The number of hydrogen-bond acceptors (Lipinski definition) is 3. The monoisotopic (exact) mass is 228 g/mol. The van der Waals surface area contributed by atoms with E-state index < -0.39 is 0 Å². The molecule has 2 rings (SSSR count). The van der Waals surface area contributed by atoms with Gasteiger partial charge in [0.25, 0.3) is 0 Å². The summed E-state index contributed by atoms with van der Waals surface area (Å²) in [6.07, 6.45) is 5.61. The molecule has 3 nitrogen and oxygen atoms in total. The predicted molar refractivity (Wildman–Crippen MR) is 64.1 cm³/mol. The van der Waals surface area contributed by atoms with Crippen LogP contribution in [0.25, 0.3) is 0 Å². The molecule has 2 N–H and O–H groups in total. The normalized spacial score (nSPS) is 32.7. The lowest BCUT2D eigenvalue weighted by molar-refractivity contribution is -0.129. The van der Waals surface area contributed by atoms with Crippen molar-refractivity contribution < 1.29 is 4.79 Å². The van der Waals surface area contributed by atoms with Gasteiger partial charge >= 0.3 is 0 Å². The molecule has 15 heavy (non-hydrogen) atoms. The summed E-state index contributed by atoms with van der Waals surface area (Å²) in [5.41, 5.74) is -0.172. The van der Waals surface area contributed by atoms with Gasteiger partial charge in [-0.05, 0) is 39.0 Å². The third kappa shape index (κ3) is 2.31. The number of hydrogen-bond donors (Lipinski definition) is 2. The molecule has 2 aliphatic rings. The minimum atomic E-state index is -0.172. The lowest BCUT2D eigenvalue weighted by Crippen LogP contribution is -2.43. The fourth-order valence-corrected chi connectivity index (χ4v) is 2.78. The molecule has 1 amide bonds. The molecule has 1 unspecified atom stereocenters. The number of rotatable bonds is 4. The zero-order valence-corrected chi connectivity index (χ0v) is 10.4. The molecular weight excluding hydrogens is 208 g/mol. The van der Waals surface area contributed by atoms with Crippen LogP contribution in [0.1, 0.15) is 26.2 Å². The van der Waals surface area contributed by atoms with Gasteiger partial charge in [-0.3, -0.25) is 4.79 Å². The average Bonchev–Trinajstić information content (AvgIpc) is 2.90. The van der Waals surface area contributed by atoms with E-state index in [9.17, 15) is 4.79 Å². The van der Waals surface area contributed by atoms with Crippen molar-refractivity contribution in [2.45, 2.75) is 30.9 Å². The number of amides is 1. The smallest absolute Gasteiger partial charge is 0.227 e. The van der Waals surface area contributed by atoms with Crippen LogP contribution in [0.5, 0.6) is 0 Å². The Labute approximate surface area is 95.8 Å². The first-order valence-electron chi connectivity index (χ1n) is 5.64. The molecule has 1 aliphatic heterocycles. The Morgan fingerprint density at radius 1 is 1.47 bits per heavy atom. The molecule has 0 spiro atoms. The van der Waals surface area contributed by atoms with Gasteiger partial charge in [0.1, 0.15) is 0 Å². The Kier molecular flexibility index (Phi) is 2.99. The molecule has 0 aromatic carbocycles. The summed E-state index contributed by atoms with van der Waals surface area (Å²) in [5, 5.41) is 6.37. The van der Waals surface area contributed by atoms with Gasteiger partial charge in [-0.25, -0.2) is 0 Å². The van der Waals surface area contributed by atoms with Crippen LogP contribution in [0.3, 0.4) is 0 Å². The highest BCUT2D eigenvalue weighted by atomic mass is 32.2. The first kappa shape index (κ1) is 11.3. The zero-order chi connectivity index (χ0) is 10.9. The highest BCUT2D eigenvalue weighted by Gasteiger charge is 2.43. The van der Waals surface area contributed by atoms with Crippen molar-refractivity contribution in [1.82, 2.24) is 10.6 Å². The van der Waals surface area contributed by atoms with Gasteiger partial charge in [0, 0.05) is 17.8 Å². The summed E-state index contributed by atoms with van der Waals surface area (Å²) in [7, 11) is 0. The van der Waals surface area contributed by atoms with Crippen molar-refractivity contribution in [2.75, 3.05) is 25.9 Å². The molecule has 2 fully saturated rings.